The Morgan fingerprint density at radius 3 is 0.597 bits per heavy atom. The molecule has 0 atom stereocenters. The predicted molar refractivity (Wildman–Crippen MR) is 306 cm³/mol. The third-order valence-corrected chi connectivity index (χ3v) is 17.1. The van der Waals surface area contributed by atoms with Crippen molar-refractivity contribution in [3.63, 3.8) is 0 Å². The van der Waals surface area contributed by atoms with Gasteiger partial charge in [-0.2, -0.15) is 0 Å². The molecule has 72 heavy (non-hydrogen) atoms. The summed E-state index contributed by atoms with van der Waals surface area (Å²) in [4.78, 5) is 0. The van der Waals surface area contributed by atoms with Gasteiger partial charge in [0.05, 0.1) is 0 Å². The van der Waals surface area contributed by atoms with Crippen molar-refractivity contribution in [2.24, 2.45) is 0 Å². The summed E-state index contributed by atoms with van der Waals surface area (Å²) in [5, 5.41) is 0. The molecule has 0 saturated carbocycles. The highest BCUT2D eigenvalue weighted by Gasteiger charge is 2.38. The molecule has 3 aliphatic carbocycles. The first-order valence-corrected chi connectivity index (χ1v) is 25.9. The van der Waals surface area contributed by atoms with Gasteiger partial charge in [-0.25, -0.2) is 0 Å². The van der Waals surface area contributed by atoms with Crippen LogP contribution >= 0.6 is 0 Å². The highest BCUT2D eigenvalue weighted by Crippen LogP contribution is 2.53. The van der Waals surface area contributed by atoms with E-state index < -0.39 is 0 Å². The summed E-state index contributed by atoms with van der Waals surface area (Å²) in [5.74, 6) is 0. The number of aryl methyl sites for hydroxylation is 3. The monoisotopic (exact) mass is 924 g/mol. The molecule has 0 saturated heterocycles. The zero-order valence-corrected chi connectivity index (χ0v) is 43.1. The van der Waals surface area contributed by atoms with Gasteiger partial charge >= 0.3 is 0 Å². The molecule has 0 N–H and O–H groups in total. The van der Waals surface area contributed by atoms with Gasteiger partial charge in [-0.05, 0) is 191 Å². The Balaban J connectivity index is 0.852. The van der Waals surface area contributed by atoms with Crippen molar-refractivity contribution in [3.05, 3.63) is 250 Å². The molecular weight excluding hydrogens is 865 g/mol. The lowest BCUT2D eigenvalue weighted by Crippen LogP contribution is -2.15. The van der Waals surface area contributed by atoms with E-state index in [-0.39, 0.29) is 16.2 Å². The number of hydrogen-bond donors (Lipinski definition) is 0. The molecule has 3 aliphatic rings. The van der Waals surface area contributed by atoms with Crippen LogP contribution in [0.1, 0.15) is 91.6 Å². The summed E-state index contributed by atoms with van der Waals surface area (Å²) < 4.78 is 0. The van der Waals surface area contributed by atoms with Crippen LogP contribution in [0.15, 0.2) is 200 Å². The minimum Gasteiger partial charge on any atom is -0.0587 e. The molecule has 0 aliphatic heterocycles. The molecule has 10 aromatic rings. The maximum atomic E-state index is 2.43. The van der Waals surface area contributed by atoms with Crippen molar-refractivity contribution < 1.29 is 0 Å². The minimum absolute atomic E-state index is 0.0479. The fraction of sp³-hybridized carbons (Fsp3) is 0.167. The number of fused-ring (bicyclic) bond motifs is 9. The first-order chi connectivity index (χ1) is 34.6. The van der Waals surface area contributed by atoms with Gasteiger partial charge in [0.15, 0.2) is 0 Å². The fourth-order valence-electron chi connectivity index (χ4n) is 12.8. The molecule has 0 aromatic heterocycles. The molecule has 0 spiro atoms. The van der Waals surface area contributed by atoms with Crippen LogP contribution < -0.4 is 0 Å². The molecule has 0 nitrogen and oxygen atoms in total. The van der Waals surface area contributed by atoms with Crippen molar-refractivity contribution in [2.75, 3.05) is 0 Å². The molecule has 0 radical (unpaired) electrons. The van der Waals surface area contributed by atoms with E-state index in [1.165, 1.54) is 150 Å². The van der Waals surface area contributed by atoms with Crippen LogP contribution in [0.3, 0.4) is 0 Å². The zero-order chi connectivity index (χ0) is 49.4. The number of hydrogen-bond acceptors (Lipinski definition) is 0. The molecule has 348 valence electrons. The summed E-state index contributed by atoms with van der Waals surface area (Å²) in [6, 6.07) is 76.8. The van der Waals surface area contributed by atoms with Gasteiger partial charge in [-0.1, -0.05) is 222 Å². The summed E-state index contributed by atoms with van der Waals surface area (Å²) >= 11 is 0. The molecule has 10 aromatic carbocycles. The van der Waals surface area contributed by atoms with Gasteiger partial charge in [0.2, 0.25) is 0 Å². The van der Waals surface area contributed by atoms with Crippen molar-refractivity contribution in [1.82, 2.24) is 0 Å². The quantitative estimate of drug-likeness (QED) is 0.156. The second kappa shape index (κ2) is 15.9. The van der Waals surface area contributed by atoms with Crippen LogP contribution in [0.5, 0.6) is 0 Å². The number of benzene rings is 10. The van der Waals surface area contributed by atoms with Crippen LogP contribution in [0.4, 0.5) is 0 Å². The minimum atomic E-state index is -0.0479. The maximum absolute atomic E-state index is 2.43. The van der Waals surface area contributed by atoms with E-state index in [0.29, 0.717) is 0 Å². The highest BCUT2D eigenvalue weighted by atomic mass is 14.4. The van der Waals surface area contributed by atoms with E-state index in [1.807, 2.05) is 0 Å². The summed E-state index contributed by atoms with van der Waals surface area (Å²) in [5.41, 5.74) is 35.1. The predicted octanol–water partition coefficient (Wildman–Crippen LogP) is 19.5. The van der Waals surface area contributed by atoms with E-state index in [2.05, 4.69) is 263 Å². The van der Waals surface area contributed by atoms with E-state index in [9.17, 15) is 0 Å². The second-order valence-corrected chi connectivity index (χ2v) is 22.8. The van der Waals surface area contributed by atoms with E-state index in [1.54, 1.807) is 0 Å². The van der Waals surface area contributed by atoms with E-state index in [0.717, 1.165) is 0 Å². The van der Waals surface area contributed by atoms with Gasteiger partial charge in [-0.3, -0.25) is 0 Å². The van der Waals surface area contributed by atoms with Gasteiger partial charge in [0.25, 0.3) is 0 Å². The van der Waals surface area contributed by atoms with E-state index >= 15 is 0 Å². The largest absolute Gasteiger partial charge is 0.0587 e. The normalized spacial score (nSPS) is 14.8. The maximum Gasteiger partial charge on any atom is 0.0159 e. The van der Waals surface area contributed by atoms with E-state index in [4.69, 9.17) is 0 Å². The Hall–Kier alpha value is -7.80. The summed E-state index contributed by atoms with van der Waals surface area (Å²) in [7, 11) is 0. The lowest BCUT2D eigenvalue weighted by Gasteiger charge is -2.22. The average Bonchev–Trinajstić information content (AvgIpc) is 3.86. The molecule has 0 amide bonds. The molecule has 0 heteroatoms. The van der Waals surface area contributed by atoms with Gasteiger partial charge in [-0.15, -0.1) is 0 Å². The second-order valence-electron chi connectivity index (χ2n) is 22.8. The highest BCUT2D eigenvalue weighted by molar-refractivity contribution is 5.89. The molecule has 0 heterocycles. The summed E-state index contributed by atoms with van der Waals surface area (Å²) in [6.45, 7) is 20.8. The standard InChI is InChI=1S/C72H60/c1-43-10-28-58-61-31-25-52(40-67(61)70(4,5)64(58)34-43)46-13-19-49(20-14-46)55-37-56(50-21-15-47(16-22-50)53-26-32-62-59-29-11-44(2)35-65(59)71(6,7)68(62)41-53)39-57(38-55)51-23-17-48(18-24-51)54-27-33-63-60-30-12-45(3)36-66(60)72(8,9)69(63)42-54/h10-42H,1-9H3. The Bertz CT molecular complexity index is 3450. The van der Waals surface area contributed by atoms with Crippen molar-refractivity contribution in [1.29, 1.82) is 0 Å². The molecule has 0 bridgehead atoms. The van der Waals surface area contributed by atoms with Crippen molar-refractivity contribution >= 4 is 0 Å². The zero-order valence-electron chi connectivity index (χ0n) is 43.1. The molecular formula is C72H60. The fourth-order valence-corrected chi connectivity index (χ4v) is 12.8. The number of rotatable bonds is 6. The first-order valence-electron chi connectivity index (χ1n) is 25.9. The SMILES string of the molecule is Cc1ccc2c(c1)C(C)(C)c1cc(-c3ccc(-c4cc(-c5ccc(-c6ccc7c(c6)C(C)(C)c6cc(C)ccc6-7)cc5)cc(-c5ccc(-c6ccc7c(c6)C(C)(C)c6cc(C)ccc6-7)cc5)c4)cc3)ccc1-2. The Morgan fingerprint density at radius 2 is 0.361 bits per heavy atom. The Morgan fingerprint density at radius 1 is 0.181 bits per heavy atom. The van der Waals surface area contributed by atoms with Crippen molar-refractivity contribution in [3.8, 4) is 100 Å². The van der Waals surface area contributed by atoms with Crippen LogP contribution in [0.2, 0.25) is 0 Å². The average molecular weight is 925 g/mol. The van der Waals surface area contributed by atoms with Crippen molar-refractivity contribution in [2.45, 2.75) is 78.6 Å². The first kappa shape index (κ1) is 44.2. The van der Waals surface area contributed by atoms with Crippen LogP contribution in [0.25, 0.3) is 100 Å². The molecule has 0 fully saturated rings. The third kappa shape index (κ3) is 6.87. The smallest absolute Gasteiger partial charge is 0.0159 e. The van der Waals surface area contributed by atoms with Gasteiger partial charge in [0, 0.05) is 16.2 Å². The van der Waals surface area contributed by atoms with Crippen LogP contribution in [-0.4, -0.2) is 0 Å². The van der Waals surface area contributed by atoms with Crippen LogP contribution in [-0.2, 0) is 16.2 Å². The van der Waals surface area contributed by atoms with Gasteiger partial charge in [0.1, 0.15) is 0 Å². The lowest BCUT2D eigenvalue weighted by molar-refractivity contribution is 0.660. The van der Waals surface area contributed by atoms with Gasteiger partial charge < -0.3 is 0 Å². The Kier molecular flexibility index (Phi) is 9.72. The van der Waals surface area contributed by atoms with Crippen LogP contribution in [0, 0.1) is 20.8 Å². The molecule has 13 rings (SSSR count). The lowest BCUT2D eigenvalue weighted by atomic mass is 9.81. The summed E-state index contributed by atoms with van der Waals surface area (Å²) in [6.07, 6.45) is 0. The molecule has 0 unspecified atom stereocenters. The topological polar surface area (TPSA) is 0 Å². The third-order valence-electron chi connectivity index (χ3n) is 17.1. The Labute approximate surface area is 426 Å².